The van der Waals surface area contributed by atoms with E-state index >= 15 is 0 Å². The molecule has 0 unspecified atom stereocenters. The molecule has 1 N–H and O–H groups in total. The second kappa shape index (κ2) is 13.0. The maximum atomic E-state index is 13.5. The van der Waals surface area contributed by atoms with E-state index in [0.717, 1.165) is 29.0 Å². The zero-order valence-electron chi connectivity index (χ0n) is 21.0. The molecular weight excluding hydrogens is 470 g/mol. The third-order valence-electron chi connectivity index (χ3n) is 5.53. The van der Waals surface area contributed by atoms with Crippen molar-refractivity contribution in [2.45, 2.75) is 39.3 Å². The molecule has 10 heteroatoms. The highest BCUT2D eigenvalue weighted by Gasteiger charge is 2.30. The minimum absolute atomic E-state index is 0.158. The molecule has 0 fully saturated rings. The van der Waals surface area contributed by atoms with E-state index in [1.807, 2.05) is 37.3 Å². The van der Waals surface area contributed by atoms with Crippen molar-refractivity contribution in [1.82, 2.24) is 10.2 Å². The Morgan fingerprint density at radius 1 is 1.03 bits per heavy atom. The normalized spacial score (nSPS) is 11.9. The van der Waals surface area contributed by atoms with E-state index in [2.05, 4.69) is 5.32 Å². The SMILES string of the molecule is CCCCNC(=O)[C@@H](C)N(Cc1ccccc1)C(=O)CN(c1ccc(OC)c(OC)c1)S(C)(=O)=O. The molecule has 0 bridgehead atoms. The van der Waals surface area contributed by atoms with Gasteiger partial charge in [0.2, 0.25) is 21.8 Å². The van der Waals surface area contributed by atoms with Gasteiger partial charge in [0.15, 0.2) is 11.5 Å². The van der Waals surface area contributed by atoms with Crippen LogP contribution in [-0.4, -0.2) is 64.7 Å². The number of nitrogens with one attached hydrogen (secondary N) is 1. The van der Waals surface area contributed by atoms with Crippen LogP contribution in [0.25, 0.3) is 0 Å². The molecule has 35 heavy (non-hydrogen) atoms. The number of hydrogen-bond acceptors (Lipinski definition) is 6. The number of ether oxygens (including phenoxy) is 2. The van der Waals surface area contributed by atoms with Crippen molar-refractivity contribution < 1.29 is 27.5 Å². The highest BCUT2D eigenvalue weighted by molar-refractivity contribution is 7.92. The number of amides is 2. The van der Waals surface area contributed by atoms with Crippen LogP contribution in [0.15, 0.2) is 48.5 Å². The molecule has 2 aromatic carbocycles. The summed E-state index contributed by atoms with van der Waals surface area (Å²) < 4.78 is 36.9. The summed E-state index contributed by atoms with van der Waals surface area (Å²) in [7, 11) is -0.920. The molecule has 0 aliphatic rings. The summed E-state index contributed by atoms with van der Waals surface area (Å²) in [5.74, 6) is -0.0398. The Balaban J connectivity index is 2.37. The molecule has 9 nitrogen and oxygen atoms in total. The van der Waals surface area contributed by atoms with Gasteiger partial charge in [0.25, 0.3) is 0 Å². The molecule has 0 saturated carbocycles. The van der Waals surface area contributed by atoms with Crippen LogP contribution in [0.4, 0.5) is 5.69 Å². The van der Waals surface area contributed by atoms with Gasteiger partial charge in [-0.2, -0.15) is 0 Å². The summed E-state index contributed by atoms with van der Waals surface area (Å²) in [6.07, 6.45) is 2.78. The van der Waals surface area contributed by atoms with E-state index in [-0.39, 0.29) is 18.1 Å². The summed E-state index contributed by atoms with van der Waals surface area (Å²) in [5, 5.41) is 2.85. The number of carbonyl (C=O) groups excluding carboxylic acids is 2. The largest absolute Gasteiger partial charge is 0.493 e. The van der Waals surface area contributed by atoms with Crippen LogP contribution in [0.3, 0.4) is 0 Å². The van der Waals surface area contributed by atoms with Gasteiger partial charge in [-0.1, -0.05) is 43.7 Å². The molecule has 0 aromatic heterocycles. The van der Waals surface area contributed by atoms with Crippen molar-refractivity contribution in [3.8, 4) is 11.5 Å². The fourth-order valence-electron chi connectivity index (χ4n) is 3.49. The lowest BCUT2D eigenvalue weighted by Crippen LogP contribution is -2.51. The van der Waals surface area contributed by atoms with Crippen LogP contribution in [-0.2, 0) is 26.2 Å². The average molecular weight is 506 g/mol. The molecule has 0 heterocycles. The summed E-state index contributed by atoms with van der Waals surface area (Å²) >= 11 is 0. The van der Waals surface area contributed by atoms with Gasteiger partial charge in [0.1, 0.15) is 12.6 Å². The number of hydrogen-bond donors (Lipinski definition) is 1. The molecule has 0 radical (unpaired) electrons. The predicted octanol–water partition coefficient (Wildman–Crippen LogP) is 2.80. The third kappa shape index (κ3) is 7.88. The van der Waals surface area contributed by atoms with Gasteiger partial charge in [0, 0.05) is 19.2 Å². The van der Waals surface area contributed by atoms with E-state index < -0.39 is 28.5 Å². The first kappa shape index (κ1) is 28.0. The maximum absolute atomic E-state index is 13.5. The Kier molecular flexibility index (Phi) is 10.4. The summed E-state index contributed by atoms with van der Waals surface area (Å²) in [5.41, 5.74) is 1.07. The smallest absolute Gasteiger partial charge is 0.244 e. The van der Waals surface area contributed by atoms with Crippen molar-refractivity contribution >= 4 is 27.5 Å². The van der Waals surface area contributed by atoms with Gasteiger partial charge >= 0.3 is 0 Å². The van der Waals surface area contributed by atoms with Crippen LogP contribution in [0.1, 0.15) is 32.3 Å². The van der Waals surface area contributed by atoms with E-state index in [0.29, 0.717) is 18.0 Å². The van der Waals surface area contributed by atoms with Gasteiger partial charge in [-0.05, 0) is 31.0 Å². The molecule has 0 spiro atoms. The van der Waals surface area contributed by atoms with Crippen molar-refractivity contribution in [2.75, 3.05) is 37.9 Å². The molecule has 0 saturated heterocycles. The molecule has 2 rings (SSSR count). The highest BCUT2D eigenvalue weighted by Crippen LogP contribution is 2.32. The first-order valence-corrected chi connectivity index (χ1v) is 13.3. The number of sulfonamides is 1. The molecule has 2 aromatic rings. The topological polar surface area (TPSA) is 105 Å². The molecule has 192 valence electrons. The number of carbonyl (C=O) groups is 2. The van der Waals surface area contributed by atoms with Crippen molar-refractivity contribution in [3.05, 3.63) is 54.1 Å². The number of benzene rings is 2. The Bertz CT molecular complexity index is 1090. The number of nitrogens with zero attached hydrogens (tertiary/aromatic N) is 2. The number of methoxy groups -OCH3 is 2. The molecular formula is C25H35N3O6S. The van der Waals surface area contributed by atoms with Crippen molar-refractivity contribution in [2.24, 2.45) is 0 Å². The minimum atomic E-state index is -3.84. The standard InChI is InChI=1S/C25H35N3O6S/c1-6-7-15-26-25(30)19(2)27(17-20-11-9-8-10-12-20)24(29)18-28(35(5,31)32)21-13-14-22(33-3)23(16-21)34-4/h8-14,16,19H,6-7,15,17-18H2,1-5H3,(H,26,30)/t19-/m1/s1. The summed E-state index contributed by atoms with van der Waals surface area (Å²) in [4.78, 5) is 27.7. The lowest BCUT2D eigenvalue weighted by Gasteiger charge is -2.31. The van der Waals surface area contributed by atoms with Crippen LogP contribution in [0, 0.1) is 0 Å². The van der Waals surface area contributed by atoms with Gasteiger partial charge in [0.05, 0.1) is 26.2 Å². The van der Waals surface area contributed by atoms with Crippen molar-refractivity contribution in [1.29, 1.82) is 0 Å². The second-order valence-corrected chi connectivity index (χ2v) is 10.0. The Labute approximate surface area is 208 Å². The van der Waals surface area contributed by atoms with E-state index in [1.54, 1.807) is 13.0 Å². The minimum Gasteiger partial charge on any atom is -0.493 e. The Morgan fingerprint density at radius 3 is 2.26 bits per heavy atom. The number of rotatable bonds is 13. The fourth-order valence-corrected chi connectivity index (χ4v) is 4.33. The van der Waals surface area contributed by atoms with Gasteiger partial charge < -0.3 is 19.7 Å². The molecule has 2 amide bonds. The third-order valence-corrected chi connectivity index (χ3v) is 6.67. The number of anilines is 1. The van der Waals surface area contributed by atoms with Crippen LogP contribution in [0.2, 0.25) is 0 Å². The molecule has 0 aliphatic heterocycles. The maximum Gasteiger partial charge on any atom is 0.244 e. The monoisotopic (exact) mass is 505 g/mol. The lowest BCUT2D eigenvalue weighted by molar-refractivity contribution is -0.139. The van der Waals surface area contributed by atoms with Gasteiger partial charge in [-0.25, -0.2) is 8.42 Å². The molecule has 0 aliphatic carbocycles. The second-order valence-electron chi connectivity index (χ2n) is 8.14. The van der Waals surface area contributed by atoms with Crippen molar-refractivity contribution in [3.63, 3.8) is 0 Å². The van der Waals surface area contributed by atoms with Crippen LogP contribution in [0.5, 0.6) is 11.5 Å². The average Bonchev–Trinajstić information content (AvgIpc) is 2.84. The highest BCUT2D eigenvalue weighted by atomic mass is 32.2. The zero-order valence-corrected chi connectivity index (χ0v) is 21.8. The van der Waals surface area contributed by atoms with E-state index in [4.69, 9.17) is 9.47 Å². The quantitative estimate of drug-likeness (QED) is 0.420. The Hall–Kier alpha value is -3.27. The first-order valence-electron chi connectivity index (χ1n) is 11.4. The molecule has 1 atom stereocenters. The summed E-state index contributed by atoms with van der Waals surface area (Å²) in [6.45, 7) is 3.85. The van der Waals surface area contributed by atoms with Gasteiger partial charge in [-0.15, -0.1) is 0 Å². The first-order chi connectivity index (χ1) is 16.6. The van der Waals surface area contributed by atoms with Crippen LogP contribution < -0.4 is 19.1 Å². The lowest BCUT2D eigenvalue weighted by atomic mass is 10.1. The summed E-state index contributed by atoms with van der Waals surface area (Å²) in [6, 6.07) is 13.1. The predicted molar refractivity (Wildman–Crippen MR) is 136 cm³/mol. The number of unbranched alkanes of at least 4 members (excludes halogenated alkanes) is 1. The van der Waals surface area contributed by atoms with E-state index in [9.17, 15) is 18.0 Å². The zero-order chi connectivity index (χ0) is 26.0. The fraction of sp³-hybridized carbons (Fsp3) is 0.440. The van der Waals surface area contributed by atoms with Crippen LogP contribution >= 0.6 is 0 Å². The van der Waals surface area contributed by atoms with E-state index in [1.165, 1.54) is 31.3 Å². The van der Waals surface area contributed by atoms with Gasteiger partial charge in [-0.3, -0.25) is 13.9 Å². The Morgan fingerprint density at radius 2 is 1.69 bits per heavy atom.